The van der Waals surface area contributed by atoms with Crippen molar-refractivity contribution in [3.8, 4) is 11.5 Å². The van der Waals surface area contributed by atoms with Gasteiger partial charge in [-0.25, -0.2) is 8.42 Å². The molecule has 0 spiro atoms. The summed E-state index contributed by atoms with van der Waals surface area (Å²) in [5.41, 5.74) is 1.24. The van der Waals surface area contributed by atoms with Crippen molar-refractivity contribution in [2.24, 2.45) is 0 Å². The molecule has 0 aromatic heterocycles. The van der Waals surface area contributed by atoms with E-state index >= 15 is 0 Å². The van der Waals surface area contributed by atoms with Crippen LogP contribution in [0.1, 0.15) is 24.3 Å². The summed E-state index contributed by atoms with van der Waals surface area (Å²) in [6.07, 6.45) is -0.610. The van der Waals surface area contributed by atoms with E-state index in [1.165, 1.54) is 24.1 Å². The molecule has 0 unspecified atom stereocenters. The molecule has 4 atom stereocenters. The number of ether oxygens (including phenoxy) is 3. The number of anilines is 1. The Morgan fingerprint density at radius 1 is 1.21 bits per heavy atom. The Labute approximate surface area is 193 Å². The number of sulfonamides is 1. The van der Waals surface area contributed by atoms with Crippen LogP contribution in [-0.2, 0) is 19.6 Å². The van der Waals surface area contributed by atoms with Crippen molar-refractivity contribution < 1.29 is 32.5 Å². The standard InChI is InChI=1S/C23H28N2O7S/c1-25(2)22(27)12-16-11-19-18-10-14(4-9-20(18)32-23(19)21(13-26)31-16)24-33(28,29)17-7-5-15(30-3)6-8-17/h4-10,16,19,21,23-24,26H,11-13H2,1-3H3/t16-,19-,21-,23+/m0/s1. The van der Waals surface area contributed by atoms with E-state index in [0.29, 0.717) is 23.6 Å². The van der Waals surface area contributed by atoms with Crippen LogP contribution in [0.3, 0.4) is 0 Å². The van der Waals surface area contributed by atoms with Crippen LogP contribution in [0.4, 0.5) is 5.69 Å². The van der Waals surface area contributed by atoms with Crippen molar-refractivity contribution in [3.63, 3.8) is 0 Å². The molecule has 2 heterocycles. The van der Waals surface area contributed by atoms with Crippen molar-refractivity contribution in [2.45, 2.75) is 42.0 Å². The Kier molecular flexibility index (Phi) is 6.51. The monoisotopic (exact) mass is 476 g/mol. The molecule has 10 heteroatoms. The van der Waals surface area contributed by atoms with Crippen molar-refractivity contribution in [3.05, 3.63) is 48.0 Å². The second-order valence-electron chi connectivity index (χ2n) is 8.43. The lowest BCUT2D eigenvalue weighted by atomic mass is 9.84. The summed E-state index contributed by atoms with van der Waals surface area (Å²) < 4.78 is 45.4. The van der Waals surface area contributed by atoms with Crippen molar-refractivity contribution in [2.75, 3.05) is 32.5 Å². The van der Waals surface area contributed by atoms with Gasteiger partial charge in [0.05, 0.1) is 31.1 Å². The molecule has 1 fully saturated rings. The molecule has 2 N–H and O–H groups in total. The molecule has 0 bridgehead atoms. The van der Waals surface area contributed by atoms with Crippen LogP contribution in [0.5, 0.6) is 11.5 Å². The van der Waals surface area contributed by atoms with E-state index < -0.39 is 22.2 Å². The third-order valence-corrected chi connectivity index (χ3v) is 7.42. The van der Waals surface area contributed by atoms with Gasteiger partial charge in [0.25, 0.3) is 10.0 Å². The molecule has 1 amide bonds. The minimum Gasteiger partial charge on any atom is -0.497 e. The lowest BCUT2D eigenvalue weighted by Gasteiger charge is -2.37. The topological polar surface area (TPSA) is 114 Å². The van der Waals surface area contributed by atoms with Crippen LogP contribution < -0.4 is 14.2 Å². The number of nitrogens with one attached hydrogen (secondary N) is 1. The van der Waals surface area contributed by atoms with Gasteiger partial charge in [-0.2, -0.15) is 0 Å². The van der Waals surface area contributed by atoms with Crippen molar-refractivity contribution in [1.82, 2.24) is 4.90 Å². The minimum atomic E-state index is -3.80. The third kappa shape index (κ3) is 4.78. The fourth-order valence-electron chi connectivity index (χ4n) is 4.30. The molecular weight excluding hydrogens is 448 g/mol. The Morgan fingerprint density at radius 3 is 2.58 bits per heavy atom. The highest BCUT2D eigenvalue weighted by Gasteiger charge is 2.46. The van der Waals surface area contributed by atoms with Gasteiger partial charge in [0.1, 0.15) is 23.7 Å². The number of aliphatic hydroxyl groups is 1. The van der Waals surface area contributed by atoms with Crippen molar-refractivity contribution in [1.29, 1.82) is 0 Å². The maximum atomic E-state index is 12.8. The zero-order chi connectivity index (χ0) is 23.8. The molecular formula is C23H28N2O7S. The maximum Gasteiger partial charge on any atom is 0.261 e. The number of carbonyl (C=O) groups excluding carboxylic acids is 1. The molecule has 0 aliphatic carbocycles. The minimum absolute atomic E-state index is 0.0599. The molecule has 33 heavy (non-hydrogen) atoms. The van der Waals surface area contributed by atoms with Gasteiger partial charge < -0.3 is 24.2 Å². The van der Waals surface area contributed by atoms with Gasteiger partial charge >= 0.3 is 0 Å². The summed E-state index contributed by atoms with van der Waals surface area (Å²) >= 11 is 0. The zero-order valence-electron chi connectivity index (χ0n) is 18.7. The summed E-state index contributed by atoms with van der Waals surface area (Å²) in [5.74, 6) is 1.00. The van der Waals surface area contributed by atoms with Crippen molar-refractivity contribution >= 4 is 21.6 Å². The van der Waals surface area contributed by atoms with Gasteiger partial charge in [0.15, 0.2) is 0 Å². The summed E-state index contributed by atoms with van der Waals surface area (Å²) in [6, 6.07) is 11.2. The number of benzene rings is 2. The average Bonchev–Trinajstić information content (AvgIpc) is 3.16. The number of hydrogen-bond acceptors (Lipinski definition) is 7. The molecule has 0 radical (unpaired) electrons. The molecule has 2 aromatic carbocycles. The number of rotatable bonds is 7. The smallest absolute Gasteiger partial charge is 0.261 e. The fraction of sp³-hybridized carbons (Fsp3) is 0.435. The van der Waals surface area contributed by atoms with E-state index in [1.807, 2.05) is 0 Å². The number of amides is 1. The molecule has 2 aliphatic rings. The first-order chi connectivity index (χ1) is 15.7. The molecule has 4 rings (SSSR count). The van der Waals surface area contributed by atoms with Gasteiger partial charge in [-0.3, -0.25) is 9.52 Å². The summed E-state index contributed by atoms with van der Waals surface area (Å²) in [6.45, 7) is -0.237. The number of nitrogens with zero attached hydrogens (tertiary/aromatic N) is 1. The number of carbonyl (C=O) groups is 1. The van der Waals surface area contributed by atoms with Crippen LogP contribution in [0, 0.1) is 0 Å². The van der Waals surface area contributed by atoms with E-state index in [0.717, 1.165) is 5.56 Å². The highest BCUT2D eigenvalue weighted by atomic mass is 32.2. The van der Waals surface area contributed by atoms with Crippen LogP contribution in [0.2, 0.25) is 0 Å². The first-order valence-corrected chi connectivity index (χ1v) is 12.1. The van der Waals surface area contributed by atoms with Crippen LogP contribution in [-0.4, -0.2) is 70.5 Å². The SMILES string of the molecule is COc1ccc(S(=O)(=O)Nc2ccc3c(c2)[C@@H]2C[C@@H](CC(=O)N(C)C)O[C@@H](CO)[C@@H]2O3)cc1. The fourth-order valence-corrected chi connectivity index (χ4v) is 5.35. The largest absolute Gasteiger partial charge is 0.497 e. The summed E-state index contributed by atoms with van der Waals surface area (Å²) in [5, 5.41) is 9.85. The summed E-state index contributed by atoms with van der Waals surface area (Å²) in [4.78, 5) is 13.8. The number of fused-ring (bicyclic) bond motifs is 3. The predicted octanol–water partition coefficient (Wildman–Crippen LogP) is 1.97. The van der Waals surface area contributed by atoms with E-state index in [2.05, 4.69) is 4.72 Å². The second kappa shape index (κ2) is 9.20. The van der Waals surface area contributed by atoms with Gasteiger partial charge in [-0.15, -0.1) is 0 Å². The lowest BCUT2D eigenvalue weighted by Crippen LogP contribution is -2.47. The van der Waals surface area contributed by atoms with Gasteiger partial charge in [0.2, 0.25) is 5.91 Å². The van der Waals surface area contributed by atoms with Gasteiger partial charge in [-0.05, 0) is 48.9 Å². The highest BCUT2D eigenvalue weighted by molar-refractivity contribution is 7.92. The molecule has 178 valence electrons. The number of aliphatic hydroxyl groups excluding tert-OH is 1. The quantitative estimate of drug-likeness (QED) is 0.628. The van der Waals surface area contributed by atoms with E-state index in [1.54, 1.807) is 44.4 Å². The lowest BCUT2D eigenvalue weighted by molar-refractivity contribution is -0.147. The molecule has 0 saturated carbocycles. The van der Waals surface area contributed by atoms with E-state index in [4.69, 9.17) is 14.2 Å². The van der Waals surface area contributed by atoms with Crippen LogP contribution in [0.25, 0.3) is 0 Å². The maximum absolute atomic E-state index is 12.8. The zero-order valence-corrected chi connectivity index (χ0v) is 19.5. The van der Waals surface area contributed by atoms with Crippen LogP contribution >= 0.6 is 0 Å². The molecule has 1 saturated heterocycles. The normalized spacial score (nSPS) is 23.8. The van der Waals surface area contributed by atoms with E-state index in [-0.39, 0.29) is 35.9 Å². The van der Waals surface area contributed by atoms with Crippen LogP contribution in [0.15, 0.2) is 47.4 Å². The summed E-state index contributed by atoms with van der Waals surface area (Å²) in [7, 11) is 1.09. The van der Waals surface area contributed by atoms with Gasteiger partial charge in [0, 0.05) is 31.3 Å². The molecule has 2 aromatic rings. The highest BCUT2D eigenvalue weighted by Crippen LogP contribution is 2.47. The average molecular weight is 477 g/mol. The second-order valence-corrected chi connectivity index (χ2v) is 10.1. The first-order valence-electron chi connectivity index (χ1n) is 10.7. The Balaban J connectivity index is 1.56. The van der Waals surface area contributed by atoms with E-state index in [9.17, 15) is 18.3 Å². The first kappa shape index (κ1) is 23.3. The third-order valence-electron chi connectivity index (χ3n) is 6.02. The molecule has 9 nitrogen and oxygen atoms in total. The Morgan fingerprint density at radius 2 is 1.94 bits per heavy atom. The number of methoxy groups -OCH3 is 1. The Bertz CT molecular complexity index is 1120. The Hall–Kier alpha value is -2.82. The van der Waals surface area contributed by atoms with Gasteiger partial charge in [-0.1, -0.05) is 0 Å². The molecule has 2 aliphatic heterocycles. The number of hydrogen-bond donors (Lipinski definition) is 2. The predicted molar refractivity (Wildman–Crippen MR) is 121 cm³/mol.